The third-order valence-electron chi connectivity index (χ3n) is 4.05. The van der Waals surface area contributed by atoms with Gasteiger partial charge in [0.2, 0.25) is 0 Å². The van der Waals surface area contributed by atoms with Crippen LogP contribution in [-0.2, 0) is 20.8 Å². The van der Waals surface area contributed by atoms with E-state index in [1.165, 1.54) is 6.42 Å². The van der Waals surface area contributed by atoms with Crippen molar-refractivity contribution < 1.29 is 19.0 Å². The fourth-order valence-corrected chi connectivity index (χ4v) is 2.65. The number of rotatable bonds is 9. The molecule has 2 atom stereocenters. The summed E-state index contributed by atoms with van der Waals surface area (Å²) in [4.78, 5) is 11.7. The lowest BCUT2D eigenvalue weighted by Gasteiger charge is -2.22. The zero-order valence-electron chi connectivity index (χ0n) is 14.5. The topological polar surface area (TPSA) is 56.8 Å². The molecule has 1 aromatic rings. The molecule has 5 nitrogen and oxygen atoms in total. The summed E-state index contributed by atoms with van der Waals surface area (Å²) in [5.74, 6) is 0. The van der Waals surface area contributed by atoms with E-state index < -0.39 is 0 Å². The predicted molar refractivity (Wildman–Crippen MR) is 92.6 cm³/mol. The zero-order valence-corrected chi connectivity index (χ0v) is 14.5. The van der Waals surface area contributed by atoms with E-state index in [2.05, 4.69) is 5.32 Å². The normalized spacial score (nSPS) is 18.8. The molecule has 1 saturated heterocycles. The summed E-state index contributed by atoms with van der Waals surface area (Å²) in [7, 11) is 0. The highest BCUT2D eigenvalue weighted by Crippen LogP contribution is 2.14. The minimum atomic E-state index is -0.363. The van der Waals surface area contributed by atoms with Crippen LogP contribution in [0.3, 0.4) is 0 Å². The van der Waals surface area contributed by atoms with E-state index >= 15 is 0 Å². The third-order valence-corrected chi connectivity index (χ3v) is 4.05. The van der Waals surface area contributed by atoms with E-state index in [0.29, 0.717) is 6.61 Å². The lowest BCUT2D eigenvalue weighted by molar-refractivity contribution is -0.162. The Morgan fingerprint density at radius 2 is 2.12 bits per heavy atom. The first-order valence-electron chi connectivity index (χ1n) is 8.94. The van der Waals surface area contributed by atoms with E-state index in [1.54, 1.807) is 0 Å². The second kappa shape index (κ2) is 11.0. The Hall–Kier alpha value is -1.59. The van der Waals surface area contributed by atoms with E-state index in [9.17, 15) is 4.79 Å². The highest BCUT2D eigenvalue weighted by atomic mass is 16.7. The van der Waals surface area contributed by atoms with Crippen LogP contribution >= 0.6 is 0 Å². The largest absolute Gasteiger partial charge is 0.445 e. The Bertz CT molecular complexity index is 460. The van der Waals surface area contributed by atoms with Crippen molar-refractivity contribution >= 4 is 6.09 Å². The second-order valence-corrected chi connectivity index (χ2v) is 6.27. The molecule has 0 bridgehead atoms. The quantitative estimate of drug-likeness (QED) is 0.693. The number of ether oxygens (including phenoxy) is 3. The van der Waals surface area contributed by atoms with Crippen molar-refractivity contribution in [3.63, 3.8) is 0 Å². The molecule has 0 aromatic heterocycles. The van der Waals surface area contributed by atoms with Crippen molar-refractivity contribution in [1.82, 2.24) is 5.32 Å². The van der Waals surface area contributed by atoms with Gasteiger partial charge in [-0.25, -0.2) is 4.79 Å². The van der Waals surface area contributed by atoms with Crippen LogP contribution in [-0.4, -0.2) is 31.6 Å². The number of alkyl carbamates (subject to hydrolysis) is 1. The predicted octanol–water partition coefficient (Wildman–Crippen LogP) is 4.01. The van der Waals surface area contributed by atoms with Crippen LogP contribution in [0.25, 0.3) is 0 Å². The van der Waals surface area contributed by atoms with Gasteiger partial charge in [-0.3, -0.25) is 0 Å². The van der Waals surface area contributed by atoms with Gasteiger partial charge >= 0.3 is 6.09 Å². The SMILES string of the molecule is C[C@@H](CCCCOC1CCCCO1)NC(=O)OCc1ccccc1. The second-order valence-electron chi connectivity index (χ2n) is 6.27. The van der Waals surface area contributed by atoms with Crippen molar-refractivity contribution in [2.75, 3.05) is 13.2 Å². The van der Waals surface area contributed by atoms with Gasteiger partial charge in [0.1, 0.15) is 6.61 Å². The number of amides is 1. The van der Waals surface area contributed by atoms with Crippen LogP contribution < -0.4 is 5.32 Å². The summed E-state index contributed by atoms with van der Waals surface area (Å²) in [6.45, 7) is 3.83. The molecule has 1 unspecified atom stereocenters. The first-order valence-corrected chi connectivity index (χ1v) is 8.94. The van der Waals surface area contributed by atoms with E-state index in [1.807, 2.05) is 37.3 Å². The highest BCUT2D eigenvalue weighted by Gasteiger charge is 2.13. The van der Waals surface area contributed by atoms with Crippen molar-refractivity contribution in [2.45, 2.75) is 64.4 Å². The van der Waals surface area contributed by atoms with E-state index in [4.69, 9.17) is 14.2 Å². The van der Waals surface area contributed by atoms with Gasteiger partial charge in [-0.05, 0) is 51.0 Å². The third kappa shape index (κ3) is 7.79. The summed E-state index contributed by atoms with van der Waals surface area (Å²) >= 11 is 0. The van der Waals surface area contributed by atoms with E-state index in [0.717, 1.165) is 50.9 Å². The standard InChI is InChI=1S/C19H29NO4/c1-16(9-5-7-13-22-18-12-6-8-14-23-18)20-19(21)24-15-17-10-3-2-4-11-17/h2-4,10-11,16,18H,5-9,12-15H2,1H3,(H,20,21)/t16-,18?/m0/s1. The molecule has 0 radical (unpaired) electrons. The summed E-state index contributed by atoms with van der Waals surface area (Å²) in [6, 6.07) is 9.77. The number of hydrogen-bond acceptors (Lipinski definition) is 4. The van der Waals surface area contributed by atoms with E-state index in [-0.39, 0.29) is 18.4 Å². The molecule has 2 rings (SSSR count). The van der Waals surface area contributed by atoms with Crippen molar-refractivity contribution in [1.29, 1.82) is 0 Å². The summed E-state index contributed by atoms with van der Waals surface area (Å²) in [5.41, 5.74) is 0.988. The molecule has 1 amide bonds. The molecule has 0 saturated carbocycles. The highest BCUT2D eigenvalue weighted by molar-refractivity contribution is 5.67. The average molecular weight is 335 g/mol. The molecule has 1 aromatic carbocycles. The maximum Gasteiger partial charge on any atom is 0.407 e. The molecule has 5 heteroatoms. The molecule has 1 fully saturated rings. The molecule has 1 aliphatic rings. The molecular formula is C19H29NO4. The van der Waals surface area contributed by atoms with Gasteiger partial charge in [-0.2, -0.15) is 0 Å². The van der Waals surface area contributed by atoms with Crippen LogP contribution in [0.4, 0.5) is 4.79 Å². The van der Waals surface area contributed by atoms with Crippen molar-refractivity contribution in [2.24, 2.45) is 0 Å². The fourth-order valence-electron chi connectivity index (χ4n) is 2.65. The number of hydrogen-bond donors (Lipinski definition) is 1. The minimum absolute atomic E-state index is 0.0118. The lowest BCUT2D eigenvalue weighted by Crippen LogP contribution is -2.33. The van der Waals surface area contributed by atoms with Crippen LogP contribution in [0.15, 0.2) is 30.3 Å². The van der Waals surface area contributed by atoms with Crippen molar-refractivity contribution in [3.8, 4) is 0 Å². The first kappa shape index (κ1) is 18.7. The van der Waals surface area contributed by atoms with Crippen LogP contribution in [0.5, 0.6) is 0 Å². The smallest absolute Gasteiger partial charge is 0.407 e. The minimum Gasteiger partial charge on any atom is -0.445 e. The zero-order chi connectivity index (χ0) is 17.0. The molecule has 0 aliphatic carbocycles. The first-order chi connectivity index (χ1) is 11.7. The number of benzene rings is 1. The number of carbonyl (C=O) groups is 1. The van der Waals surface area contributed by atoms with Crippen molar-refractivity contribution in [3.05, 3.63) is 35.9 Å². The maximum absolute atomic E-state index is 11.7. The number of nitrogens with one attached hydrogen (secondary N) is 1. The molecule has 134 valence electrons. The van der Waals surface area contributed by atoms with Gasteiger partial charge in [-0.1, -0.05) is 30.3 Å². The Morgan fingerprint density at radius 3 is 2.88 bits per heavy atom. The van der Waals surface area contributed by atoms with Crippen LogP contribution in [0.2, 0.25) is 0 Å². The number of carbonyl (C=O) groups excluding carboxylic acids is 1. The molecule has 1 heterocycles. The summed E-state index contributed by atoms with van der Waals surface area (Å²) in [6.07, 6.45) is 5.86. The Morgan fingerprint density at radius 1 is 1.29 bits per heavy atom. The summed E-state index contributed by atoms with van der Waals surface area (Å²) < 4.78 is 16.4. The van der Waals surface area contributed by atoms with Gasteiger partial charge in [0.05, 0.1) is 0 Å². The molecule has 1 N–H and O–H groups in total. The monoisotopic (exact) mass is 335 g/mol. The fraction of sp³-hybridized carbons (Fsp3) is 0.632. The van der Waals surface area contributed by atoms with Gasteiger partial charge in [-0.15, -0.1) is 0 Å². The van der Waals surface area contributed by atoms with Crippen LogP contribution in [0.1, 0.15) is 51.0 Å². The molecule has 0 spiro atoms. The van der Waals surface area contributed by atoms with Crippen LogP contribution in [0, 0.1) is 0 Å². The average Bonchev–Trinajstić information content (AvgIpc) is 2.61. The van der Waals surface area contributed by atoms with Gasteiger partial charge < -0.3 is 19.5 Å². The summed E-state index contributed by atoms with van der Waals surface area (Å²) in [5, 5.41) is 2.86. The number of unbranched alkanes of at least 4 members (excludes halogenated alkanes) is 1. The molecular weight excluding hydrogens is 306 g/mol. The van der Waals surface area contributed by atoms with Gasteiger partial charge in [0.25, 0.3) is 0 Å². The van der Waals surface area contributed by atoms with Gasteiger partial charge in [0, 0.05) is 19.3 Å². The Labute approximate surface area is 144 Å². The molecule has 24 heavy (non-hydrogen) atoms. The maximum atomic E-state index is 11.7. The molecule has 1 aliphatic heterocycles. The lowest BCUT2D eigenvalue weighted by atomic mass is 10.1. The Balaban J connectivity index is 1.48. The van der Waals surface area contributed by atoms with Gasteiger partial charge in [0.15, 0.2) is 6.29 Å². The Kier molecular flexibility index (Phi) is 8.63.